The fourth-order valence-corrected chi connectivity index (χ4v) is 5.75. The first-order valence-electron chi connectivity index (χ1n) is 11.5. The molecule has 32 heavy (non-hydrogen) atoms. The summed E-state index contributed by atoms with van der Waals surface area (Å²) < 4.78 is 11.3. The fraction of sp³-hybridized carbons (Fsp3) is 0.520. The molecule has 1 aromatic carbocycles. The average Bonchev–Trinajstić information content (AvgIpc) is 3.17. The van der Waals surface area contributed by atoms with E-state index >= 15 is 0 Å². The molecule has 5 rings (SSSR count). The molecule has 1 spiro atoms. The molecule has 7 nitrogen and oxygen atoms in total. The molecule has 0 radical (unpaired) electrons. The second-order valence-corrected chi connectivity index (χ2v) is 9.49. The molecule has 4 heterocycles. The van der Waals surface area contributed by atoms with Gasteiger partial charge in [0.15, 0.2) is 0 Å². The molecule has 2 fully saturated rings. The van der Waals surface area contributed by atoms with Gasteiger partial charge in [-0.3, -0.25) is 14.5 Å². The molecule has 0 aliphatic carbocycles. The number of benzene rings is 1. The van der Waals surface area contributed by atoms with Crippen molar-refractivity contribution in [1.82, 2.24) is 14.7 Å². The second-order valence-electron chi connectivity index (χ2n) is 9.49. The van der Waals surface area contributed by atoms with Crippen molar-refractivity contribution in [3.8, 4) is 0 Å². The number of likely N-dealkylation sites (tertiary alicyclic amines) is 1. The lowest BCUT2D eigenvalue weighted by atomic mass is 9.67. The lowest BCUT2D eigenvalue weighted by molar-refractivity contribution is -0.148. The molecule has 0 N–H and O–H groups in total. The predicted octanol–water partition coefficient (Wildman–Crippen LogP) is 2.65. The van der Waals surface area contributed by atoms with Gasteiger partial charge in [-0.2, -0.15) is 0 Å². The van der Waals surface area contributed by atoms with Gasteiger partial charge in [-0.15, -0.1) is 0 Å². The monoisotopic (exact) mass is 437 g/mol. The summed E-state index contributed by atoms with van der Waals surface area (Å²) in [6.07, 6.45) is 0. The van der Waals surface area contributed by atoms with Crippen molar-refractivity contribution in [3.63, 3.8) is 0 Å². The molecule has 0 saturated carbocycles. The molecule has 1 aromatic heterocycles. The van der Waals surface area contributed by atoms with E-state index in [9.17, 15) is 9.59 Å². The van der Waals surface area contributed by atoms with Crippen LogP contribution in [0.4, 0.5) is 0 Å². The molecule has 0 bridgehead atoms. The Kier molecular flexibility index (Phi) is 5.34. The van der Waals surface area contributed by atoms with Crippen molar-refractivity contribution in [2.75, 3.05) is 39.4 Å². The first-order chi connectivity index (χ1) is 15.4. The smallest absolute Gasteiger partial charge is 0.254 e. The highest BCUT2D eigenvalue weighted by molar-refractivity contribution is 6.02. The molecule has 3 aliphatic heterocycles. The van der Waals surface area contributed by atoms with Crippen LogP contribution in [-0.4, -0.2) is 77.5 Å². The Morgan fingerprint density at radius 3 is 2.50 bits per heavy atom. The van der Waals surface area contributed by atoms with Gasteiger partial charge in [-0.1, -0.05) is 18.2 Å². The first kappa shape index (κ1) is 21.2. The number of rotatable bonds is 4. The van der Waals surface area contributed by atoms with Crippen molar-refractivity contribution in [3.05, 3.63) is 59.0 Å². The summed E-state index contributed by atoms with van der Waals surface area (Å²) in [5.74, 6) is 1.54. The third-order valence-electron chi connectivity index (χ3n) is 6.99. The Morgan fingerprint density at radius 1 is 1.12 bits per heavy atom. The highest BCUT2D eigenvalue weighted by Crippen LogP contribution is 2.48. The molecular formula is C25H31N3O4. The van der Waals surface area contributed by atoms with Crippen LogP contribution in [0, 0.1) is 6.92 Å². The zero-order valence-corrected chi connectivity index (χ0v) is 19.0. The Hall–Kier alpha value is -2.64. The van der Waals surface area contributed by atoms with E-state index in [1.807, 2.05) is 67.0 Å². The molecule has 3 aliphatic rings. The molecule has 1 unspecified atom stereocenters. The number of nitrogens with zero attached hydrogens (tertiary/aromatic N) is 3. The Labute approximate surface area is 188 Å². The van der Waals surface area contributed by atoms with Gasteiger partial charge in [0.1, 0.15) is 11.5 Å². The molecule has 2 aromatic rings. The lowest BCUT2D eigenvalue weighted by Gasteiger charge is -2.62. The summed E-state index contributed by atoms with van der Waals surface area (Å²) in [4.78, 5) is 33.7. The van der Waals surface area contributed by atoms with Crippen molar-refractivity contribution in [2.45, 2.75) is 44.8 Å². The average molecular weight is 438 g/mol. The number of ether oxygens (including phenoxy) is 1. The van der Waals surface area contributed by atoms with Crippen LogP contribution < -0.4 is 0 Å². The second kappa shape index (κ2) is 8.05. The third-order valence-corrected chi connectivity index (χ3v) is 6.99. The highest BCUT2D eigenvalue weighted by atomic mass is 16.5. The van der Waals surface area contributed by atoms with Gasteiger partial charge < -0.3 is 19.0 Å². The number of hydrogen-bond donors (Lipinski definition) is 0. The van der Waals surface area contributed by atoms with Crippen molar-refractivity contribution >= 4 is 11.8 Å². The third kappa shape index (κ3) is 3.35. The molecule has 7 heteroatoms. The molecular weight excluding hydrogens is 406 g/mol. The van der Waals surface area contributed by atoms with Gasteiger partial charge in [-0.25, -0.2) is 0 Å². The number of morpholine rings is 1. The van der Waals surface area contributed by atoms with Gasteiger partial charge >= 0.3 is 0 Å². The quantitative estimate of drug-likeness (QED) is 0.736. The van der Waals surface area contributed by atoms with E-state index in [4.69, 9.17) is 9.15 Å². The molecule has 170 valence electrons. The van der Waals surface area contributed by atoms with E-state index in [1.165, 1.54) is 0 Å². The normalized spacial score (nSPS) is 22.9. The van der Waals surface area contributed by atoms with Crippen molar-refractivity contribution in [1.29, 1.82) is 0 Å². The molecule has 2 saturated heterocycles. The molecule has 2 amide bonds. The van der Waals surface area contributed by atoms with Gasteiger partial charge in [0.05, 0.1) is 31.2 Å². The first-order valence-corrected chi connectivity index (χ1v) is 11.5. The van der Waals surface area contributed by atoms with Crippen LogP contribution in [0.5, 0.6) is 0 Å². The maximum absolute atomic E-state index is 14.0. The summed E-state index contributed by atoms with van der Waals surface area (Å²) in [7, 11) is 0. The predicted molar refractivity (Wildman–Crippen MR) is 119 cm³/mol. The Bertz CT molecular complexity index is 1020. The van der Waals surface area contributed by atoms with Crippen molar-refractivity contribution < 1.29 is 18.7 Å². The van der Waals surface area contributed by atoms with Gasteiger partial charge in [0.25, 0.3) is 5.91 Å². The Morgan fingerprint density at radius 2 is 1.84 bits per heavy atom. The van der Waals surface area contributed by atoms with E-state index in [1.54, 1.807) is 0 Å². The number of fused-ring (bicyclic) bond motifs is 1. The van der Waals surface area contributed by atoms with Crippen molar-refractivity contribution in [2.24, 2.45) is 0 Å². The van der Waals surface area contributed by atoms with Crippen LogP contribution >= 0.6 is 0 Å². The number of amides is 2. The number of aryl methyl sites for hydroxylation is 1. The summed E-state index contributed by atoms with van der Waals surface area (Å²) in [6, 6.07) is 11.6. The standard InChI is InChI=1S/C25H31N3O4/c1-17(2)28-23(29)21-7-5-4-6-20(21)22(24(30)27-10-12-31-13-11-27)25(28)15-26(16-25)14-19-9-8-18(3)32-19/h4-9,17,22H,10-16H2,1-3H3. The summed E-state index contributed by atoms with van der Waals surface area (Å²) in [5.41, 5.74) is 0.953. The number of carbonyl (C=O) groups is 2. The van der Waals surface area contributed by atoms with E-state index < -0.39 is 5.54 Å². The SMILES string of the molecule is Cc1ccc(CN2CC3(C2)C(C(=O)N2CCOCC2)c2ccccc2C(=O)N3C(C)C)o1. The number of hydrogen-bond acceptors (Lipinski definition) is 5. The van der Waals surface area contributed by atoms with Gasteiger partial charge in [0.2, 0.25) is 5.91 Å². The van der Waals surface area contributed by atoms with Crippen LogP contribution in [0.2, 0.25) is 0 Å². The van der Waals surface area contributed by atoms with Crippen LogP contribution in [0.1, 0.15) is 47.2 Å². The van der Waals surface area contributed by atoms with E-state index in [-0.39, 0.29) is 23.8 Å². The summed E-state index contributed by atoms with van der Waals surface area (Å²) in [5, 5.41) is 0. The minimum absolute atomic E-state index is 0.0103. The van der Waals surface area contributed by atoms with E-state index in [0.29, 0.717) is 51.5 Å². The van der Waals surface area contributed by atoms with E-state index in [0.717, 1.165) is 17.1 Å². The zero-order valence-electron chi connectivity index (χ0n) is 19.0. The topological polar surface area (TPSA) is 66.2 Å². The minimum atomic E-state index is -0.559. The summed E-state index contributed by atoms with van der Waals surface area (Å²) >= 11 is 0. The van der Waals surface area contributed by atoms with Crippen LogP contribution in [0.3, 0.4) is 0 Å². The summed E-state index contributed by atoms with van der Waals surface area (Å²) in [6.45, 7) is 10.3. The van der Waals surface area contributed by atoms with Gasteiger partial charge in [-0.05, 0) is 44.5 Å². The van der Waals surface area contributed by atoms with E-state index in [2.05, 4.69) is 4.90 Å². The van der Waals surface area contributed by atoms with Crippen LogP contribution in [0.25, 0.3) is 0 Å². The van der Waals surface area contributed by atoms with Gasteiger partial charge in [0, 0.05) is 37.8 Å². The molecule has 1 atom stereocenters. The highest BCUT2D eigenvalue weighted by Gasteiger charge is 2.61. The largest absolute Gasteiger partial charge is 0.465 e. The fourth-order valence-electron chi connectivity index (χ4n) is 5.75. The zero-order chi connectivity index (χ0) is 22.5. The maximum atomic E-state index is 14.0. The lowest BCUT2D eigenvalue weighted by Crippen LogP contribution is -2.77. The number of furan rings is 1. The maximum Gasteiger partial charge on any atom is 0.254 e. The number of carbonyl (C=O) groups excluding carboxylic acids is 2. The van der Waals surface area contributed by atoms with Crippen LogP contribution in [0.15, 0.2) is 40.8 Å². The Balaban J connectivity index is 1.53. The van der Waals surface area contributed by atoms with Crippen LogP contribution in [-0.2, 0) is 16.1 Å². The minimum Gasteiger partial charge on any atom is -0.465 e.